The molecule has 608 valence electrons. The van der Waals surface area contributed by atoms with Crippen molar-refractivity contribution in [2.75, 3.05) is 13.4 Å². The van der Waals surface area contributed by atoms with Gasteiger partial charge in [-0.05, 0) is 128 Å². The number of nitrogens with one attached hydrogen (secondary N) is 2. The molecule has 0 atom stereocenters. The number of fused-ring (bicyclic) bond motifs is 4. The molecule has 0 unspecified atom stereocenters. The summed E-state index contributed by atoms with van der Waals surface area (Å²) in [5.74, 6) is 3.33. The summed E-state index contributed by atoms with van der Waals surface area (Å²) in [6.45, 7) is 0. The van der Waals surface area contributed by atoms with Crippen LogP contribution >= 0.6 is 23.1 Å². The van der Waals surface area contributed by atoms with Crippen molar-refractivity contribution < 1.29 is 20.1 Å². The molecule has 12 heteroatoms. The molecule has 3 aromatic heterocycles. The van der Waals surface area contributed by atoms with E-state index in [4.69, 9.17) is 19.7 Å². The first kappa shape index (κ1) is 82.3. The van der Waals surface area contributed by atoms with Crippen LogP contribution in [0.4, 0.5) is 11.4 Å². The van der Waals surface area contributed by atoms with Crippen LogP contribution in [0.25, 0.3) is 154 Å². The number of phenols is 3. The van der Waals surface area contributed by atoms with Gasteiger partial charge in [0, 0.05) is 93.5 Å². The summed E-state index contributed by atoms with van der Waals surface area (Å²) in [5, 5.41) is 39.7. The standard InChI is InChI=1S/C27H19NO.C23H17NO.C22H18N2O.C22H18N2S.C20H14OS/c29-27-23(13-6-14-24(27)19-8-2-1-3-9-19)18-28-26-15-7-12-22-16-20-10-4-5-11-21(20)17-25(22)26;25-23-15-14-18-10-4-5-11-19(18)21(23)16-24-22-13-7-6-12-20(22)17-8-2-1-3-9-17;2*1-25-19-15-9-8-14-18(19)22-23-20(16-10-4-2-5-11-16)21(24-22)17-12-6-3-7-13-17;21-20-16(14-7-2-1-3-8-14)10-6-11-17(20)19-13-15-9-4-5-12-18(15)22-19/h1-18,29H;1-16,25H;2*2-15H,1H3,(H,23,24);1-13,21H. The second-order valence-electron chi connectivity index (χ2n) is 29.6. The van der Waals surface area contributed by atoms with Crippen LogP contribution in [0.15, 0.2) is 458 Å². The van der Waals surface area contributed by atoms with Gasteiger partial charge in [-0.3, -0.25) is 9.98 Å². The molecule has 0 saturated heterocycles. The number of aromatic nitrogens is 4. The fourth-order valence-electron chi connectivity index (χ4n) is 15.3. The largest absolute Gasteiger partial charge is 0.507 e. The molecule has 0 aliphatic rings. The fourth-order valence-corrected chi connectivity index (χ4v) is 17.0. The van der Waals surface area contributed by atoms with Crippen molar-refractivity contribution in [3.05, 3.63) is 454 Å². The highest BCUT2D eigenvalue weighted by Crippen LogP contribution is 2.44. The first-order chi connectivity index (χ1) is 62.2. The van der Waals surface area contributed by atoms with Gasteiger partial charge in [0.25, 0.3) is 0 Å². The van der Waals surface area contributed by atoms with Crippen LogP contribution in [-0.4, -0.2) is 61.1 Å². The van der Waals surface area contributed by atoms with Gasteiger partial charge in [-0.1, -0.05) is 370 Å². The molecule has 10 nitrogen and oxygen atoms in total. The topological polar surface area (TPSA) is 152 Å². The third-order valence-corrected chi connectivity index (χ3v) is 23.6. The lowest BCUT2D eigenvalue weighted by Crippen LogP contribution is -1.88. The summed E-state index contributed by atoms with van der Waals surface area (Å²) in [6, 6.07) is 148. The van der Waals surface area contributed by atoms with E-state index >= 15 is 0 Å². The maximum Gasteiger partial charge on any atom is 0.142 e. The number of imidazole rings is 2. The molecule has 0 bridgehead atoms. The van der Waals surface area contributed by atoms with Crippen LogP contribution < -0.4 is 4.74 Å². The Balaban J connectivity index is 0.000000111. The number of aromatic hydroxyl groups is 3. The van der Waals surface area contributed by atoms with Gasteiger partial charge in [-0.15, -0.1) is 23.1 Å². The van der Waals surface area contributed by atoms with Gasteiger partial charge in [-0.2, -0.15) is 0 Å². The summed E-state index contributed by atoms with van der Waals surface area (Å²) >= 11 is 3.45. The van der Waals surface area contributed by atoms with E-state index in [-0.39, 0.29) is 11.5 Å². The Morgan fingerprint density at radius 1 is 0.317 bits per heavy atom. The Labute approximate surface area is 740 Å². The quantitative estimate of drug-likeness (QED) is 0.0367. The number of hydrogen-bond acceptors (Lipinski definition) is 10. The number of aromatic amines is 2. The first-order valence-corrected chi connectivity index (χ1v) is 43.5. The van der Waals surface area contributed by atoms with E-state index in [0.29, 0.717) is 11.3 Å². The highest BCUT2D eigenvalue weighted by Gasteiger charge is 2.21. The number of hydrogen-bond donors (Lipinski definition) is 5. The molecule has 0 fully saturated rings. The lowest BCUT2D eigenvalue weighted by Gasteiger charge is -2.08. The van der Waals surface area contributed by atoms with Gasteiger partial charge in [0.05, 0.1) is 46.8 Å². The Morgan fingerprint density at radius 2 is 0.738 bits per heavy atom. The number of phenolic OH excluding ortho intramolecular Hbond substituents is 3. The van der Waals surface area contributed by atoms with Crippen LogP contribution in [0.2, 0.25) is 0 Å². The highest BCUT2D eigenvalue weighted by atomic mass is 32.2. The number of benzene rings is 18. The highest BCUT2D eigenvalue weighted by molar-refractivity contribution is 7.98. The lowest BCUT2D eigenvalue weighted by molar-refractivity contribution is 0.416. The number of para-hydroxylation sites is 4. The van der Waals surface area contributed by atoms with E-state index in [1.54, 1.807) is 48.7 Å². The average molecular weight is 1670 g/mol. The summed E-state index contributed by atoms with van der Waals surface area (Å²) in [4.78, 5) is 28.6. The van der Waals surface area contributed by atoms with Gasteiger partial charge >= 0.3 is 0 Å². The number of methoxy groups -OCH3 is 1. The van der Waals surface area contributed by atoms with Crippen molar-refractivity contribution in [1.82, 2.24) is 19.9 Å². The zero-order chi connectivity index (χ0) is 85.8. The number of aliphatic imine (C=N–C) groups is 2. The Bertz CT molecular complexity index is 7020. The minimum atomic E-state index is 0.236. The number of nitrogens with zero attached hydrogens (tertiary/aromatic N) is 4. The number of thioether (sulfide) groups is 1. The van der Waals surface area contributed by atoms with Crippen molar-refractivity contribution in [3.63, 3.8) is 0 Å². The van der Waals surface area contributed by atoms with Gasteiger partial charge in [0.1, 0.15) is 34.6 Å². The van der Waals surface area contributed by atoms with Crippen molar-refractivity contribution >= 4 is 89.3 Å². The van der Waals surface area contributed by atoms with Crippen molar-refractivity contribution in [2.45, 2.75) is 4.90 Å². The van der Waals surface area contributed by atoms with E-state index in [1.807, 2.05) is 279 Å². The zero-order valence-corrected chi connectivity index (χ0v) is 70.8. The van der Waals surface area contributed by atoms with Crippen molar-refractivity contribution in [1.29, 1.82) is 0 Å². The molecule has 18 aromatic carbocycles. The number of thiophene rings is 1. The minimum absolute atomic E-state index is 0.236. The monoisotopic (exact) mass is 1670 g/mol. The molecule has 3 heterocycles. The Kier molecular flexibility index (Phi) is 25.9. The van der Waals surface area contributed by atoms with Crippen LogP contribution in [-0.2, 0) is 0 Å². The smallest absolute Gasteiger partial charge is 0.142 e. The molecule has 0 saturated carbocycles. The molecular weight excluding hydrogens is 1580 g/mol. The average Bonchev–Trinajstić information content (AvgIpc) is 1.73. The van der Waals surface area contributed by atoms with Crippen LogP contribution in [0.3, 0.4) is 0 Å². The molecule has 0 amide bonds. The molecule has 21 rings (SSSR count). The van der Waals surface area contributed by atoms with Crippen LogP contribution in [0.1, 0.15) is 11.1 Å². The molecule has 0 radical (unpaired) electrons. The maximum absolute atomic E-state index is 10.8. The summed E-state index contributed by atoms with van der Waals surface area (Å²) < 4.78 is 6.74. The molecule has 21 aromatic rings. The molecule has 0 aliphatic carbocycles. The van der Waals surface area contributed by atoms with E-state index < -0.39 is 0 Å². The third kappa shape index (κ3) is 19.0. The minimum Gasteiger partial charge on any atom is -0.507 e. The first-order valence-electron chi connectivity index (χ1n) is 41.5. The second kappa shape index (κ2) is 39.7. The fraction of sp³-hybridized carbons (Fsp3) is 0.0175. The summed E-state index contributed by atoms with van der Waals surface area (Å²) in [5.41, 5.74) is 20.5. The molecular formula is C114H86N6O4S2. The van der Waals surface area contributed by atoms with Crippen LogP contribution in [0.5, 0.6) is 23.0 Å². The van der Waals surface area contributed by atoms with Gasteiger partial charge in [0.15, 0.2) is 0 Å². The van der Waals surface area contributed by atoms with E-state index in [2.05, 4.69) is 179 Å². The predicted octanol–water partition coefficient (Wildman–Crippen LogP) is 30.6. The van der Waals surface area contributed by atoms with E-state index in [1.165, 1.54) is 25.8 Å². The van der Waals surface area contributed by atoms with E-state index in [0.717, 1.165) is 156 Å². The number of H-pyrrole nitrogens is 2. The lowest BCUT2D eigenvalue weighted by atomic mass is 10.0. The summed E-state index contributed by atoms with van der Waals surface area (Å²) in [7, 11) is 1.68. The molecule has 126 heavy (non-hydrogen) atoms. The summed E-state index contributed by atoms with van der Waals surface area (Å²) in [6.07, 6.45) is 5.59. The normalized spacial score (nSPS) is 11.0. The SMILES string of the molecule is COc1ccccc1-c1nc(-c2ccccc2)c(-c2ccccc2)[nH]1.CSc1ccccc1-c1nc(-c2ccccc2)c(-c2ccccc2)[nH]1.Oc1c(-c2ccccc2)cccc1-c1cc2ccccc2s1.Oc1c(C=Nc2cccc3cc4ccccc4cc23)cccc1-c1ccccc1.Oc1ccc2ccccc2c1C=Nc1ccccc1-c1ccccc1. The predicted molar refractivity (Wildman–Crippen MR) is 529 cm³/mol. The zero-order valence-electron chi connectivity index (χ0n) is 69.2. The third-order valence-electron chi connectivity index (χ3n) is 21.7. The van der Waals surface area contributed by atoms with Crippen molar-refractivity contribution in [3.8, 4) is 135 Å². The van der Waals surface area contributed by atoms with Gasteiger partial charge in [0.2, 0.25) is 0 Å². The Hall–Kier alpha value is -16.0. The van der Waals surface area contributed by atoms with Crippen molar-refractivity contribution in [2.24, 2.45) is 9.98 Å². The number of rotatable bonds is 16. The molecule has 0 aliphatic heterocycles. The molecule has 0 spiro atoms. The second-order valence-corrected chi connectivity index (χ2v) is 31.6. The Morgan fingerprint density at radius 3 is 1.33 bits per heavy atom. The van der Waals surface area contributed by atoms with Gasteiger partial charge < -0.3 is 30.0 Å². The molecule has 5 N–H and O–H groups in total. The van der Waals surface area contributed by atoms with E-state index in [9.17, 15) is 15.3 Å². The van der Waals surface area contributed by atoms with Gasteiger partial charge in [-0.25, -0.2) is 9.97 Å². The van der Waals surface area contributed by atoms with Crippen LogP contribution in [0, 0.1) is 0 Å². The maximum atomic E-state index is 10.8. The number of ether oxygens (including phenoxy) is 1.